The fourth-order valence-corrected chi connectivity index (χ4v) is 2.89. The highest BCUT2D eigenvalue weighted by molar-refractivity contribution is 5.94. The molecular formula is C20H21N3O2. The first kappa shape index (κ1) is 17.2. The van der Waals surface area contributed by atoms with Gasteiger partial charge in [0.05, 0.1) is 24.3 Å². The fourth-order valence-electron chi connectivity index (χ4n) is 2.89. The van der Waals surface area contributed by atoms with E-state index in [9.17, 15) is 4.79 Å². The number of carbonyl (C=O) groups excluding carboxylic acids is 1. The van der Waals surface area contributed by atoms with Gasteiger partial charge in [-0.15, -0.1) is 0 Å². The Balaban J connectivity index is 1.49. The van der Waals surface area contributed by atoms with Crippen LogP contribution in [-0.4, -0.2) is 43.2 Å². The highest BCUT2D eigenvalue weighted by Gasteiger charge is 2.21. The average molecular weight is 335 g/mol. The van der Waals surface area contributed by atoms with Crippen LogP contribution in [0.25, 0.3) is 0 Å². The Hall–Kier alpha value is -2.68. The van der Waals surface area contributed by atoms with Crippen LogP contribution >= 0.6 is 0 Å². The van der Waals surface area contributed by atoms with Crippen molar-refractivity contribution in [1.29, 1.82) is 5.26 Å². The van der Waals surface area contributed by atoms with E-state index in [1.54, 1.807) is 24.3 Å². The van der Waals surface area contributed by atoms with Crippen LogP contribution < -0.4 is 5.32 Å². The summed E-state index contributed by atoms with van der Waals surface area (Å²) in [4.78, 5) is 14.5. The van der Waals surface area contributed by atoms with Gasteiger partial charge < -0.3 is 10.1 Å². The molecule has 1 aliphatic rings. The van der Waals surface area contributed by atoms with E-state index in [-0.39, 0.29) is 12.0 Å². The van der Waals surface area contributed by atoms with Gasteiger partial charge >= 0.3 is 0 Å². The third kappa shape index (κ3) is 4.90. The third-order valence-corrected chi connectivity index (χ3v) is 4.24. The molecule has 0 radical (unpaired) electrons. The fraction of sp³-hybridized carbons (Fsp3) is 0.300. The van der Waals surface area contributed by atoms with E-state index >= 15 is 0 Å². The maximum atomic E-state index is 12.2. The molecule has 0 aromatic heterocycles. The van der Waals surface area contributed by atoms with E-state index < -0.39 is 0 Å². The number of ether oxygens (including phenoxy) is 1. The summed E-state index contributed by atoms with van der Waals surface area (Å²) in [5, 5.41) is 11.7. The molecule has 2 aromatic rings. The number of carbonyl (C=O) groups is 1. The van der Waals surface area contributed by atoms with Crippen molar-refractivity contribution in [2.75, 3.05) is 26.2 Å². The predicted octanol–water partition coefficient (Wildman–Crippen LogP) is 2.19. The molecule has 1 saturated heterocycles. The van der Waals surface area contributed by atoms with Gasteiger partial charge in [0, 0.05) is 31.7 Å². The Kier molecular flexibility index (Phi) is 5.78. The molecule has 0 aliphatic carbocycles. The highest BCUT2D eigenvalue weighted by atomic mass is 16.5. The summed E-state index contributed by atoms with van der Waals surface area (Å²) in [5.74, 6) is -0.145. The molecule has 0 unspecified atom stereocenters. The molecule has 0 spiro atoms. The van der Waals surface area contributed by atoms with E-state index in [2.05, 4.69) is 22.3 Å². The van der Waals surface area contributed by atoms with Gasteiger partial charge in [-0.1, -0.05) is 30.3 Å². The molecule has 0 bridgehead atoms. The van der Waals surface area contributed by atoms with Crippen LogP contribution in [0.4, 0.5) is 0 Å². The summed E-state index contributed by atoms with van der Waals surface area (Å²) in [6.45, 7) is 3.73. The lowest BCUT2D eigenvalue weighted by atomic mass is 10.1. The lowest BCUT2D eigenvalue weighted by Gasteiger charge is -2.33. The number of morpholine rings is 1. The molecule has 1 heterocycles. The maximum absolute atomic E-state index is 12.2. The molecule has 1 aliphatic heterocycles. The second kappa shape index (κ2) is 8.43. The smallest absolute Gasteiger partial charge is 0.251 e. The zero-order valence-electron chi connectivity index (χ0n) is 14.0. The summed E-state index contributed by atoms with van der Waals surface area (Å²) in [6, 6.07) is 19.0. The normalized spacial score (nSPS) is 17.6. The standard InChI is InChI=1S/C20H21N3O2/c21-12-16-6-8-18(9-7-16)20(24)22-13-19-15-23(10-11-25-19)14-17-4-2-1-3-5-17/h1-9,19H,10-11,13-15H2,(H,22,24)/t19-/m0/s1. The minimum absolute atomic E-state index is 0.0141. The van der Waals surface area contributed by atoms with E-state index in [0.717, 1.165) is 19.6 Å². The van der Waals surface area contributed by atoms with Crippen molar-refractivity contribution in [3.63, 3.8) is 0 Å². The Morgan fingerprint density at radius 1 is 1.20 bits per heavy atom. The number of benzene rings is 2. The molecule has 0 saturated carbocycles. The third-order valence-electron chi connectivity index (χ3n) is 4.24. The molecule has 25 heavy (non-hydrogen) atoms. The molecular weight excluding hydrogens is 314 g/mol. The van der Waals surface area contributed by atoms with Crippen LogP contribution in [-0.2, 0) is 11.3 Å². The van der Waals surface area contributed by atoms with Crippen molar-refractivity contribution in [3.05, 3.63) is 71.3 Å². The maximum Gasteiger partial charge on any atom is 0.251 e. The lowest BCUT2D eigenvalue weighted by Crippen LogP contribution is -2.47. The van der Waals surface area contributed by atoms with Gasteiger partial charge in [-0.2, -0.15) is 5.26 Å². The van der Waals surface area contributed by atoms with Crippen LogP contribution in [0.1, 0.15) is 21.5 Å². The zero-order valence-corrected chi connectivity index (χ0v) is 14.0. The van der Waals surface area contributed by atoms with Crippen LogP contribution in [0.2, 0.25) is 0 Å². The second-order valence-corrected chi connectivity index (χ2v) is 6.11. The van der Waals surface area contributed by atoms with Crippen LogP contribution in [0.5, 0.6) is 0 Å². The number of hydrogen-bond acceptors (Lipinski definition) is 4. The number of nitrogens with one attached hydrogen (secondary N) is 1. The topological polar surface area (TPSA) is 65.4 Å². The quantitative estimate of drug-likeness (QED) is 0.910. The molecule has 5 heteroatoms. The van der Waals surface area contributed by atoms with Crippen molar-refractivity contribution >= 4 is 5.91 Å². The summed E-state index contributed by atoms with van der Waals surface area (Å²) in [6.07, 6.45) is -0.0141. The van der Waals surface area contributed by atoms with Crippen molar-refractivity contribution in [2.45, 2.75) is 12.6 Å². The van der Waals surface area contributed by atoms with Gasteiger partial charge in [-0.3, -0.25) is 9.69 Å². The summed E-state index contributed by atoms with van der Waals surface area (Å²) in [5.41, 5.74) is 2.38. The molecule has 5 nitrogen and oxygen atoms in total. The monoisotopic (exact) mass is 335 g/mol. The average Bonchev–Trinajstić information content (AvgIpc) is 2.67. The molecule has 3 rings (SSSR count). The van der Waals surface area contributed by atoms with E-state index in [1.807, 2.05) is 24.3 Å². The molecule has 1 amide bonds. The Morgan fingerprint density at radius 3 is 2.68 bits per heavy atom. The minimum atomic E-state index is -0.145. The first-order valence-corrected chi connectivity index (χ1v) is 8.41. The van der Waals surface area contributed by atoms with Gasteiger partial charge in [0.15, 0.2) is 0 Å². The van der Waals surface area contributed by atoms with E-state index in [0.29, 0.717) is 24.3 Å². The number of rotatable bonds is 5. The summed E-state index contributed by atoms with van der Waals surface area (Å²) in [7, 11) is 0. The number of nitriles is 1. The number of hydrogen-bond donors (Lipinski definition) is 1. The van der Waals surface area contributed by atoms with Crippen LogP contribution in [0, 0.1) is 11.3 Å². The molecule has 128 valence electrons. The second-order valence-electron chi connectivity index (χ2n) is 6.11. The highest BCUT2D eigenvalue weighted by Crippen LogP contribution is 2.10. The molecule has 1 atom stereocenters. The lowest BCUT2D eigenvalue weighted by molar-refractivity contribution is -0.0292. The Morgan fingerprint density at radius 2 is 1.96 bits per heavy atom. The first-order chi connectivity index (χ1) is 12.2. The van der Waals surface area contributed by atoms with Crippen molar-refractivity contribution in [2.24, 2.45) is 0 Å². The van der Waals surface area contributed by atoms with Crippen LogP contribution in [0.3, 0.4) is 0 Å². The zero-order chi connectivity index (χ0) is 17.5. The van der Waals surface area contributed by atoms with Gasteiger partial charge in [-0.05, 0) is 29.8 Å². The Labute approximate surface area is 147 Å². The van der Waals surface area contributed by atoms with Crippen LogP contribution in [0.15, 0.2) is 54.6 Å². The molecule has 1 fully saturated rings. The van der Waals surface area contributed by atoms with Gasteiger partial charge in [0.2, 0.25) is 0 Å². The van der Waals surface area contributed by atoms with Crippen molar-refractivity contribution in [1.82, 2.24) is 10.2 Å². The van der Waals surface area contributed by atoms with Gasteiger partial charge in [-0.25, -0.2) is 0 Å². The van der Waals surface area contributed by atoms with Crippen molar-refractivity contribution < 1.29 is 9.53 Å². The minimum Gasteiger partial charge on any atom is -0.374 e. The molecule has 2 aromatic carbocycles. The van der Waals surface area contributed by atoms with Gasteiger partial charge in [0.1, 0.15) is 0 Å². The SMILES string of the molecule is N#Cc1ccc(C(=O)NC[C@H]2CN(Cc3ccccc3)CCO2)cc1. The van der Waals surface area contributed by atoms with Crippen molar-refractivity contribution in [3.8, 4) is 6.07 Å². The predicted molar refractivity (Wildman–Crippen MR) is 94.9 cm³/mol. The summed E-state index contributed by atoms with van der Waals surface area (Å²) < 4.78 is 5.77. The molecule has 1 N–H and O–H groups in total. The largest absolute Gasteiger partial charge is 0.374 e. The number of nitrogens with zero attached hydrogens (tertiary/aromatic N) is 2. The Bertz CT molecular complexity index is 738. The van der Waals surface area contributed by atoms with Gasteiger partial charge in [0.25, 0.3) is 5.91 Å². The number of amides is 1. The van der Waals surface area contributed by atoms with E-state index in [1.165, 1.54) is 5.56 Å². The summed E-state index contributed by atoms with van der Waals surface area (Å²) >= 11 is 0. The van der Waals surface area contributed by atoms with E-state index in [4.69, 9.17) is 10.00 Å². The first-order valence-electron chi connectivity index (χ1n) is 8.41.